The van der Waals surface area contributed by atoms with Crippen LogP contribution >= 0.6 is 0 Å². The summed E-state index contributed by atoms with van der Waals surface area (Å²) in [5.74, 6) is -0.622. The van der Waals surface area contributed by atoms with Gasteiger partial charge in [-0.15, -0.1) is 0 Å². The molecule has 5 nitrogen and oxygen atoms in total. The Morgan fingerprint density at radius 1 is 1.25 bits per heavy atom. The van der Waals surface area contributed by atoms with Gasteiger partial charge in [-0.05, 0) is 25.7 Å². The Morgan fingerprint density at radius 3 is 2.19 bits per heavy atom. The third kappa shape index (κ3) is 6.40. The Kier molecular flexibility index (Phi) is 6.72. The molecule has 2 unspecified atom stereocenters. The van der Waals surface area contributed by atoms with Crippen molar-refractivity contribution in [1.29, 1.82) is 0 Å². The van der Waals surface area contributed by atoms with E-state index in [4.69, 9.17) is 11.5 Å². The van der Waals surface area contributed by atoms with Crippen molar-refractivity contribution < 1.29 is 9.59 Å². The van der Waals surface area contributed by atoms with E-state index >= 15 is 0 Å². The van der Waals surface area contributed by atoms with Crippen molar-refractivity contribution in [1.82, 2.24) is 5.32 Å². The molecule has 0 spiro atoms. The van der Waals surface area contributed by atoms with Gasteiger partial charge in [0, 0.05) is 12.5 Å². The van der Waals surface area contributed by atoms with Crippen molar-refractivity contribution in [2.45, 2.75) is 52.1 Å². The lowest BCUT2D eigenvalue weighted by Gasteiger charge is -2.18. The molecule has 0 aliphatic heterocycles. The maximum Gasteiger partial charge on any atom is 0.240 e. The maximum absolute atomic E-state index is 11.5. The van der Waals surface area contributed by atoms with E-state index < -0.39 is 11.9 Å². The van der Waals surface area contributed by atoms with Gasteiger partial charge in [-0.1, -0.05) is 13.8 Å². The molecule has 0 aromatic rings. The maximum atomic E-state index is 11.5. The van der Waals surface area contributed by atoms with Crippen LogP contribution in [0.4, 0.5) is 0 Å². The minimum absolute atomic E-state index is 0.00915. The summed E-state index contributed by atoms with van der Waals surface area (Å²) >= 11 is 0. The first kappa shape index (κ1) is 14.9. The van der Waals surface area contributed by atoms with Gasteiger partial charge in [0.05, 0.1) is 0 Å². The van der Waals surface area contributed by atoms with E-state index in [0.29, 0.717) is 6.42 Å². The molecule has 0 fully saturated rings. The SMILES string of the molecule is CC(N)CCCC(=O)NC(C(N)=O)C(C)C. The normalized spacial score (nSPS) is 14.6. The molecule has 16 heavy (non-hydrogen) atoms. The standard InChI is InChI=1S/C11H23N3O2/c1-7(2)10(11(13)16)14-9(15)6-4-5-8(3)12/h7-8,10H,4-6,12H2,1-3H3,(H2,13,16)(H,14,15). The van der Waals surface area contributed by atoms with E-state index in [2.05, 4.69) is 5.32 Å². The number of carbonyl (C=O) groups is 2. The van der Waals surface area contributed by atoms with Crippen molar-refractivity contribution in [2.75, 3.05) is 0 Å². The molecule has 0 aromatic carbocycles. The van der Waals surface area contributed by atoms with Gasteiger partial charge in [0.2, 0.25) is 11.8 Å². The second-order valence-electron chi connectivity index (χ2n) is 4.56. The van der Waals surface area contributed by atoms with E-state index in [-0.39, 0.29) is 17.9 Å². The molecule has 0 saturated carbocycles. The van der Waals surface area contributed by atoms with Crippen LogP contribution in [0, 0.1) is 5.92 Å². The van der Waals surface area contributed by atoms with Crippen LogP contribution in [0.3, 0.4) is 0 Å². The molecule has 0 radical (unpaired) electrons. The predicted molar refractivity (Wildman–Crippen MR) is 63.5 cm³/mol. The highest BCUT2D eigenvalue weighted by atomic mass is 16.2. The summed E-state index contributed by atoms with van der Waals surface area (Å²) in [4.78, 5) is 22.5. The average molecular weight is 229 g/mol. The number of rotatable bonds is 7. The Morgan fingerprint density at radius 2 is 1.81 bits per heavy atom. The summed E-state index contributed by atoms with van der Waals surface area (Å²) in [6.45, 7) is 5.59. The second-order valence-corrected chi connectivity index (χ2v) is 4.56. The number of carbonyl (C=O) groups excluding carboxylic acids is 2. The number of hydrogen-bond donors (Lipinski definition) is 3. The third-order valence-corrected chi connectivity index (χ3v) is 2.35. The van der Waals surface area contributed by atoms with Crippen molar-refractivity contribution in [3.63, 3.8) is 0 Å². The molecule has 0 aliphatic carbocycles. The zero-order valence-electron chi connectivity index (χ0n) is 10.3. The number of amides is 2. The van der Waals surface area contributed by atoms with Gasteiger partial charge < -0.3 is 16.8 Å². The number of primary amides is 1. The van der Waals surface area contributed by atoms with Crippen molar-refractivity contribution in [2.24, 2.45) is 17.4 Å². The summed E-state index contributed by atoms with van der Waals surface area (Å²) in [6.07, 6.45) is 1.92. The largest absolute Gasteiger partial charge is 0.368 e. The van der Waals surface area contributed by atoms with Gasteiger partial charge in [0.1, 0.15) is 6.04 Å². The van der Waals surface area contributed by atoms with Crippen molar-refractivity contribution in [3.05, 3.63) is 0 Å². The van der Waals surface area contributed by atoms with Gasteiger partial charge in [-0.2, -0.15) is 0 Å². The molecule has 0 aliphatic rings. The second kappa shape index (κ2) is 7.22. The van der Waals surface area contributed by atoms with Crippen LogP contribution in [-0.2, 0) is 9.59 Å². The molecular weight excluding hydrogens is 206 g/mol. The van der Waals surface area contributed by atoms with Gasteiger partial charge in [-0.3, -0.25) is 9.59 Å². The fraction of sp³-hybridized carbons (Fsp3) is 0.818. The number of hydrogen-bond acceptors (Lipinski definition) is 3. The summed E-state index contributed by atoms with van der Waals surface area (Å²) in [5.41, 5.74) is 10.8. The topological polar surface area (TPSA) is 98.2 Å². The zero-order chi connectivity index (χ0) is 12.7. The Hall–Kier alpha value is -1.10. The average Bonchev–Trinajstić information content (AvgIpc) is 2.12. The van der Waals surface area contributed by atoms with Crippen LogP contribution in [-0.4, -0.2) is 23.9 Å². The van der Waals surface area contributed by atoms with E-state index in [1.165, 1.54) is 0 Å². The van der Waals surface area contributed by atoms with Crippen LogP contribution in [0.2, 0.25) is 0 Å². The van der Waals surface area contributed by atoms with E-state index in [9.17, 15) is 9.59 Å². The van der Waals surface area contributed by atoms with Crippen LogP contribution in [0.15, 0.2) is 0 Å². The molecule has 0 bridgehead atoms. The molecule has 2 atom stereocenters. The molecular formula is C11H23N3O2. The first-order chi connectivity index (χ1) is 7.34. The highest BCUT2D eigenvalue weighted by Crippen LogP contribution is 2.03. The Labute approximate surface area is 96.9 Å². The van der Waals surface area contributed by atoms with Gasteiger partial charge in [-0.25, -0.2) is 0 Å². The highest BCUT2D eigenvalue weighted by molar-refractivity contribution is 5.86. The predicted octanol–water partition coefficient (Wildman–Crippen LogP) is 0.130. The summed E-state index contributed by atoms with van der Waals surface area (Å²) < 4.78 is 0. The molecule has 0 aromatic heterocycles. The monoisotopic (exact) mass is 229 g/mol. The molecule has 0 saturated heterocycles. The fourth-order valence-electron chi connectivity index (χ4n) is 1.40. The summed E-state index contributed by atoms with van der Waals surface area (Å²) in [6, 6.07) is -0.479. The highest BCUT2D eigenvalue weighted by Gasteiger charge is 2.21. The van der Waals surface area contributed by atoms with Crippen molar-refractivity contribution >= 4 is 11.8 Å². The summed E-state index contributed by atoms with van der Waals surface area (Å²) in [5, 5.41) is 2.64. The van der Waals surface area contributed by atoms with Gasteiger partial charge in [0.15, 0.2) is 0 Å². The van der Waals surface area contributed by atoms with Crippen LogP contribution in [0.25, 0.3) is 0 Å². The minimum Gasteiger partial charge on any atom is -0.368 e. The molecule has 5 heteroatoms. The molecule has 5 N–H and O–H groups in total. The van der Waals surface area contributed by atoms with Gasteiger partial charge >= 0.3 is 0 Å². The zero-order valence-corrected chi connectivity index (χ0v) is 10.3. The summed E-state index contributed by atoms with van der Waals surface area (Å²) in [7, 11) is 0. The quantitative estimate of drug-likeness (QED) is 0.578. The lowest BCUT2D eigenvalue weighted by atomic mass is 10.0. The molecule has 0 heterocycles. The van der Waals surface area contributed by atoms with Crippen LogP contribution in [0.5, 0.6) is 0 Å². The van der Waals surface area contributed by atoms with E-state index in [0.717, 1.165) is 12.8 Å². The molecule has 94 valence electrons. The van der Waals surface area contributed by atoms with Crippen molar-refractivity contribution in [3.8, 4) is 0 Å². The van der Waals surface area contributed by atoms with Crippen LogP contribution < -0.4 is 16.8 Å². The minimum atomic E-state index is -0.581. The lowest BCUT2D eigenvalue weighted by molar-refractivity contribution is -0.128. The Balaban J connectivity index is 3.97. The fourth-order valence-corrected chi connectivity index (χ4v) is 1.40. The number of nitrogens with one attached hydrogen (secondary N) is 1. The first-order valence-corrected chi connectivity index (χ1v) is 5.68. The van der Waals surface area contributed by atoms with Gasteiger partial charge in [0.25, 0.3) is 0 Å². The molecule has 2 amide bonds. The van der Waals surface area contributed by atoms with Crippen LogP contribution in [0.1, 0.15) is 40.0 Å². The molecule has 0 rings (SSSR count). The number of nitrogens with two attached hydrogens (primary N) is 2. The first-order valence-electron chi connectivity index (χ1n) is 5.68. The Bertz CT molecular complexity index is 239. The lowest BCUT2D eigenvalue weighted by Crippen LogP contribution is -2.47. The van der Waals surface area contributed by atoms with E-state index in [1.54, 1.807) is 0 Å². The van der Waals surface area contributed by atoms with E-state index in [1.807, 2.05) is 20.8 Å². The smallest absolute Gasteiger partial charge is 0.240 e. The third-order valence-electron chi connectivity index (χ3n) is 2.35.